The standard InChI is InChI=1S/C22H20F3N3O2S/c1-13-4-7-16(10-14(13)2)26-20(29)12-31-21-27-18(11-19(28-21)22(23,24)25)15-5-8-17(30-3)9-6-15/h4-11H,12H2,1-3H3,(H,26,29). The zero-order chi connectivity index (χ0) is 22.6. The van der Waals surface area contributed by atoms with E-state index >= 15 is 0 Å². The van der Waals surface area contributed by atoms with Crippen LogP contribution in [0.4, 0.5) is 18.9 Å². The molecule has 0 saturated carbocycles. The number of aromatic nitrogens is 2. The molecule has 0 aliphatic rings. The van der Waals surface area contributed by atoms with Gasteiger partial charge in [-0.25, -0.2) is 9.97 Å². The van der Waals surface area contributed by atoms with Gasteiger partial charge in [0.05, 0.1) is 18.6 Å². The number of nitrogens with one attached hydrogen (secondary N) is 1. The molecule has 0 atom stereocenters. The van der Waals surface area contributed by atoms with Crippen LogP contribution >= 0.6 is 11.8 Å². The van der Waals surface area contributed by atoms with Crippen LogP contribution < -0.4 is 10.1 Å². The summed E-state index contributed by atoms with van der Waals surface area (Å²) in [6.07, 6.45) is -4.64. The largest absolute Gasteiger partial charge is 0.497 e. The van der Waals surface area contributed by atoms with Gasteiger partial charge in [-0.3, -0.25) is 4.79 Å². The summed E-state index contributed by atoms with van der Waals surface area (Å²) >= 11 is 0.843. The van der Waals surface area contributed by atoms with E-state index in [-0.39, 0.29) is 22.5 Å². The maximum atomic E-state index is 13.3. The number of carbonyl (C=O) groups is 1. The third-order valence-electron chi connectivity index (χ3n) is 4.50. The van der Waals surface area contributed by atoms with Gasteiger partial charge in [-0.15, -0.1) is 0 Å². The van der Waals surface area contributed by atoms with Gasteiger partial charge < -0.3 is 10.1 Å². The van der Waals surface area contributed by atoms with Gasteiger partial charge in [-0.2, -0.15) is 13.2 Å². The summed E-state index contributed by atoms with van der Waals surface area (Å²) in [4.78, 5) is 20.1. The molecule has 162 valence electrons. The van der Waals surface area contributed by atoms with Crippen LogP contribution in [0.15, 0.2) is 53.7 Å². The number of hydrogen-bond acceptors (Lipinski definition) is 5. The van der Waals surface area contributed by atoms with Crippen molar-refractivity contribution in [2.45, 2.75) is 25.2 Å². The monoisotopic (exact) mass is 447 g/mol. The van der Waals surface area contributed by atoms with Crippen molar-refractivity contribution in [2.75, 3.05) is 18.2 Å². The molecule has 0 bridgehead atoms. The van der Waals surface area contributed by atoms with Crippen molar-refractivity contribution in [3.63, 3.8) is 0 Å². The molecule has 3 aromatic rings. The molecule has 1 heterocycles. The normalized spacial score (nSPS) is 11.3. The zero-order valence-corrected chi connectivity index (χ0v) is 17.9. The SMILES string of the molecule is COc1ccc(-c2cc(C(F)(F)F)nc(SCC(=O)Nc3ccc(C)c(C)c3)n2)cc1. The molecular weight excluding hydrogens is 427 g/mol. The highest BCUT2D eigenvalue weighted by molar-refractivity contribution is 7.99. The molecule has 9 heteroatoms. The van der Waals surface area contributed by atoms with Crippen LogP contribution in [-0.4, -0.2) is 28.7 Å². The van der Waals surface area contributed by atoms with Crippen molar-refractivity contribution in [3.05, 3.63) is 65.4 Å². The van der Waals surface area contributed by atoms with Gasteiger partial charge >= 0.3 is 6.18 Å². The van der Waals surface area contributed by atoms with Crippen molar-refractivity contribution in [1.29, 1.82) is 0 Å². The van der Waals surface area contributed by atoms with Gasteiger partial charge in [0.1, 0.15) is 11.4 Å². The predicted molar refractivity (Wildman–Crippen MR) is 114 cm³/mol. The van der Waals surface area contributed by atoms with E-state index in [0.717, 1.165) is 29.0 Å². The second kappa shape index (κ2) is 9.38. The van der Waals surface area contributed by atoms with Gasteiger partial charge in [0.2, 0.25) is 5.91 Å². The Labute approximate surface area is 182 Å². The van der Waals surface area contributed by atoms with Crippen molar-refractivity contribution >= 4 is 23.4 Å². The van der Waals surface area contributed by atoms with Gasteiger partial charge in [0.25, 0.3) is 0 Å². The maximum Gasteiger partial charge on any atom is 0.433 e. The Balaban J connectivity index is 1.79. The van der Waals surface area contributed by atoms with E-state index in [2.05, 4.69) is 15.3 Å². The van der Waals surface area contributed by atoms with Crippen LogP contribution in [0.3, 0.4) is 0 Å². The lowest BCUT2D eigenvalue weighted by atomic mass is 10.1. The van der Waals surface area contributed by atoms with Crippen molar-refractivity contribution in [3.8, 4) is 17.0 Å². The van der Waals surface area contributed by atoms with Crippen molar-refractivity contribution in [1.82, 2.24) is 9.97 Å². The quantitative estimate of drug-likeness (QED) is 0.398. The Bertz CT molecular complexity index is 1090. The van der Waals surface area contributed by atoms with Gasteiger partial charge in [-0.05, 0) is 67.4 Å². The lowest BCUT2D eigenvalue weighted by Gasteiger charge is -2.11. The topological polar surface area (TPSA) is 64.1 Å². The fourth-order valence-corrected chi connectivity index (χ4v) is 3.35. The number of rotatable bonds is 6. The first-order valence-electron chi connectivity index (χ1n) is 9.26. The number of anilines is 1. The molecule has 0 aliphatic carbocycles. The average Bonchev–Trinajstić information content (AvgIpc) is 2.74. The summed E-state index contributed by atoms with van der Waals surface area (Å²) in [6, 6.07) is 12.9. The molecule has 1 aromatic heterocycles. The molecule has 31 heavy (non-hydrogen) atoms. The van der Waals surface area contributed by atoms with Crippen LogP contribution in [0, 0.1) is 13.8 Å². The number of nitrogens with zero attached hydrogens (tertiary/aromatic N) is 2. The summed E-state index contributed by atoms with van der Waals surface area (Å²) in [5.74, 6) is 0.0859. The number of alkyl halides is 3. The van der Waals surface area contributed by atoms with Crippen LogP contribution in [-0.2, 0) is 11.0 Å². The zero-order valence-electron chi connectivity index (χ0n) is 17.1. The molecule has 0 unspecified atom stereocenters. The third-order valence-corrected chi connectivity index (χ3v) is 5.35. The van der Waals surface area contributed by atoms with E-state index in [1.54, 1.807) is 30.3 Å². The number of hydrogen-bond donors (Lipinski definition) is 1. The number of carbonyl (C=O) groups excluding carboxylic acids is 1. The summed E-state index contributed by atoms with van der Waals surface area (Å²) in [5.41, 5.74) is 2.27. The number of ether oxygens (including phenoxy) is 1. The van der Waals surface area contributed by atoms with Crippen LogP contribution in [0.25, 0.3) is 11.3 Å². The second-order valence-electron chi connectivity index (χ2n) is 6.78. The summed E-state index contributed by atoms with van der Waals surface area (Å²) in [6.45, 7) is 3.89. The predicted octanol–water partition coefficient (Wildman–Crippen LogP) is 5.52. The number of methoxy groups -OCH3 is 1. The molecular formula is C22H20F3N3O2S. The highest BCUT2D eigenvalue weighted by Crippen LogP contribution is 2.32. The van der Waals surface area contributed by atoms with Gasteiger partial charge in [0, 0.05) is 11.3 Å². The van der Waals surface area contributed by atoms with Gasteiger partial charge in [-0.1, -0.05) is 17.8 Å². The number of amides is 1. The highest BCUT2D eigenvalue weighted by Gasteiger charge is 2.34. The smallest absolute Gasteiger partial charge is 0.433 e. The molecule has 3 rings (SSSR count). The fourth-order valence-electron chi connectivity index (χ4n) is 2.69. The first kappa shape index (κ1) is 22.6. The van der Waals surface area contributed by atoms with E-state index in [0.29, 0.717) is 17.0 Å². The minimum absolute atomic E-state index is 0.113. The molecule has 2 aromatic carbocycles. The molecule has 0 fully saturated rings. The molecule has 0 spiro atoms. The number of benzene rings is 2. The molecule has 5 nitrogen and oxygen atoms in total. The van der Waals surface area contributed by atoms with E-state index in [1.165, 1.54) is 7.11 Å². The summed E-state index contributed by atoms with van der Waals surface area (Å²) in [7, 11) is 1.50. The number of halogens is 3. The lowest BCUT2D eigenvalue weighted by molar-refractivity contribution is -0.141. The lowest BCUT2D eigenvalue weighted by Crippen LogP contribution is -2.15. The van der Waals surface area contributed by atoms with Crippen molar-refractivity contribution < 1.29 is 22.7 Å². The molecule has 1 N–H and O–H groups in total. The Hall–Kier alpha value is -3.07. The summed E-state index contributed by atoms with van der Waals surface area (Å²) in [5, 5.41) is 2.60. The first-order valence-corrected chi connectivity index (χ1v) is 10.2. The van der Waals surface area contributed by atoms with Crippen LogP contribution in [0.5, 0.6) is 5.75 Å². The Morgan fingerprint density at radius 1 is 1.03 bits per heavy atom. The van der Waals surface area contributed by atoms with E-state index in [4.69, 9.17) is 4.74 Å². The molecule has 0 aliphatic heterocycles. The van der Waals surface area contributed by atoms with E-state index in [9.17, 15) is 18.0 Å². The molecule has 0 saturated heterocycles. The fraction of sp³-hybridized carbons (Fsp3) is 0.227. The summed E-state index contributed by atoms with van der Waals surface area (Å²) < 4.78 is 45.1. The third kappa shape index (κ3) is 5.97. The molecule has 0 radical (unpaired) electrons. The van der Waals surface area contributed by atoms with Gasteiger partial charge in [0.15, 0.2) is 5.16 Å². The number of aryl methyl sites for hydroxylation is 2. The Kier molecular flexibility index (Phi) is 6.84. The van der Waals surface area contributed by atoms with Crippen LogP contribution in [0.1, 0.15) is 16.8 Å². The van der Waals surface area contributed by atoms with Crippen molar-refractivity contribution in [2.24, 2.45) is 0 Å². The Morgan fingerprint density at radius 2 is 1.74 bits per heavy atom. The second-order valence-corrected chi connectivity index (χ2v) is 7.73. The van der Waals surface area contributed by atoms with E-state index < -0.39 is 11.9 Å². The van der Waals surface area contributed by atoms with Crippen LogP contribution in [0.2, 0.25) is 0 Å². The minimum Gasteiger partial charge on any atom is -0.497 e. The highest BCUT2D eigenvalue weighted by atomic mass is 32.2. The average molecular weight is 447 g/mol. The Morgan fingerprint density at radius 3 is 2.35 bits per heavy atom. The minimum atomic E-state index is -4.64. The van der Waals surface area contributed by atoms with E-state index in [1.807, 2.05) is 26.0 Å². The first-order chi connectivity index (χ1) is 14.7. The number of thioether (sulfide) groups is 1. The maximum absolute atomic E-state index is 13.3. The molecule has 1 amide bonds.